The molecule has 1 unspecified atom stereocenters. The molecule has 0 bridgehead atoms. The predicted octanol–water partition coefficient (Wildman–Crippen LogP) is 3.39. The summed E-state index contributed by atoms with van der Waals surface area (Å²) in [5.74, 6) is 1.71. The number of hydrogen-bond donors (Lipinski definition) is 1. The second kappa shape index (κ2) is 7.27. The third-order valence-electron chi connectivity index (χ3n) is 6.51. The number of fused-ring (bicyclic) bond motifs is 5. The first-order valence-electron chi connectivity index (χ1n) is 11.0. The Morgan fingerprint density at radius 2 is 1.79 bits per heavy atom. The number of carbonyl (C=O) groups excluding carboxylic acids is 2. The standard InChI is InChI=1S/C26H22N2O5/c1-2-27-24(29)17-7-5-6-16(10-17)13-28-20-9-4-3-8-18(20)26(25(28)30)14-31-21-12-23-22(11-19(21)26)32-15-33-23/h3-12H,2,13-15H2,1H3,(H,27,29). The fourth-order valence-corrected chi connectivity index (χ4v) is 4.98. The van der Waals surface area contributed by atoms with Crippen LogP contribution in [-0.4, -0.2) is 31.8 Å². The fraction of sp³-hybridized carbons (Fsp3) is 0.231. The molecule has 0 fully saturated rings. The average Bonchev–Trinajstić information content (AvgIpc) is 3.51. The number of rotatable bonds is 4. The summed E-state index contributed by atoms with van der Waals surface area (Å²) in [6.45, 7) is 3.17. The predicted molar refractivity (Wildman–Crippen MR) is 121 cm³/mol. The third-order valence-corrected chi connectivity index (χ3v) is 6.51. The van der Waals surface area contributed by atoms with E-state index in [0.717, 1.165) is 22.4 Å². The van der Waals surface area contributed by atoms with Crippen LogP contribution in [0.3, 0.4) is 0 Å². The molecule has 1 spiro atoms. The van der Waals surface area contributed by atoms with Gasteiger partial charge in [-0.05, 0) is 42.3 Å². The average molecular weight is 442 g/mol. The SMILES string of the molecule is CCNC(=O)c1cccc(CN2C(=O)C3(COc4cc5c(cc43)OCO5)c3ccccc32)c1. The van der Waals surface area contributed by atoms with E-state index < -0.39 is 5.41 Å². The van der Waals surface area contributed by atoms with E-state index in [1.807, 2.05) is 55.5 Å². The number of carbonyl (C=O) groups is 2. The van der Waals surface area contributed by atoms with Crippen LogP contribution in [0.4, 0.5) is 5.69 Å². The number of para-hydroxylation sites is 1. The number of amides is 2. The first-order valence-corrected chi connectivity index (χ1v) is 11.0. The zero-order valence-electron chi connectivity index (χ0n) is 18.1. The Bertz CT molecular complexity index is 1300. The van der Waals surface area contributed by atoms with Gasteiger partial charge in [0, 0.05) is 29.4 Å². The molecular weight excluding hydrogens is 420 g/mol. The van der Waals surface area contributed by atoms with Crippen LogP contribution < -0.4 is 24.4 Å². The molecule has 3 aliphatic rings. The van der Waals surface area contributed by atoms with Crippen LogP contribution in [0.2, 0.25) is 0 Å². The summed E-state index contributed by atoms with van der Waals surface area (Å²) in [5.41, 5.74) is 3.06. The van der Waals surface area contributed by atoms with Crippen LogP contribution in [0, 0.1) is 0 Å². The minimum absolute atomic E-state index is 0.0512. The van der Waals surface area contributed by atoms with Gasteiger partial charge in [-0.15, -0.1) is 0 Å². The Morgan fingerprint density at radius 3 is 2.64 bits per heavy atom. The molecule has 0 aliphatic carbocycles. The molecule has 7 heteroatoms. The first-order chi connectivity index (χ1) is 16.1. The lowest BCUT2D eigenvalue weighted by molar-refractivity contribution is -0.122. The van der Waals surface area contributed by atoms with Gasteiger partial charge in [0.15, 0.2) is 11.5 Å². The van der Waals surface area contributed by atoms with E-state index in [-0.39, 0.29) is 25.2 Å². The summed E-state index contributed by atoms with van der Waals surface area (Å²) in [4.78, 5) is 28.2. The zero-order chi connectivity index (χ0) is 22.6. The highest BCUT2D eigenvalue weighted by Gasteiger charge is 2.57. The van der Waals surface area contributed by atoms with E-state index >= 15 is 0 Å². The molecule has 0 radical (unpaired) electrons. The number of anilines is 1. The van der Waals surface area contributed by atoms with Gasteiger partial charge in [-0.1, -0.05) is 30.3 Å². The summed E-state index contributed by atoms with van der Waals surface area (Å²) in [5, 5.41) is 2.82. The normalized spacial score (nSPS) is 19.4. The number of nitrogens with zero attached hydrogens (tertiary/aromatic N) is 1. The van der Waals surface area contributed by atoms with E-state index in [1.165, 1.54) is 0 Å². The van der Waals surface area contributed by atoms with Crippen LogP contribution >= 0.6 is 0 Å². The van der Waals surface area contributed by atoms with Gasteiger partial charge in [0.25, 0.3) is 5.91 Å². The van der Waals surface area contributed by atoms with Crippen LogP contribution in [0.5, 0.6) is 17.2 Å². The van der Waals surface area contributed by atoms with Gasteiger partial charge in [0.1, 0.15) is 17.8 Å². The van der Waals surface area contributed by atoms with Crippen molar-refractivity contribution >= 4 is 17.5 Å². The Labute approximate surface area is 190 Å². The van der Waals surface area contributed by atoms with E-state index in [1.54, 1.807) is 17.0 Å². The molecule has 0 saturated heterocycles. The Morgan fingerprint density at radius 1 is 0.970 bits per heavy atom. The molecule has 33 heavy (non-hydrogen) atoms. The maximum atomic E-state index is 14.1. The Balaban J connectivity index is 1.41. The second-order valence-corrected chi connectivity index (χ2v) is 8.36. The smallest absolute Gasteiger partial charge is 0.251 e. The highest BCUT2D eigenvalue weighted by Crippen LogP contribution is 2.55. The molecule has 2 amide bonds. The molecule has 166 valence electrons. The summed E-state index contributed by atoms with van der Waals surface area (Å²) >= 11 is 0. The number of nitrogens with one attached hydrogen (secondary N) is 1. The summed E-state index contributed by atoms with van der Waals surface area (Å²) in [6.07, 6.45) is 0. The van der Waals surface area contributed by atoms with Gasteiger partial charge in [0.05, 0.1) is 6.54 Å². The maximum absolute atomic E-state index is 14.1. The number of benzene rings is 3. The monoisotopic (exact) mass is 442 g/mol. The van der Waals surface area contributed by atoms with E-state index in [9.17, 15) is 9.59 Å². The van der Waals surface area contributed by atoms with Gasteiger partial charge >= 0.3 is 0 Å². The lowest BCUT2D eigenvalue weighted by Gasteiger charge is -2.23. The van der Waals surface area contributed by atoms with Gasteiger partial charge < -0.3 is 24.4 Å². The van der Waals surface area contributed by atoms with Crippen molar-refractivity contribution < 1.29 is 23.8 Å². The quantitative estimate of drug-likeness (QED) is 0.670. The van der Waals surface area contributed by atoms with Crippen LogP contribution in [-0.2, 0) is 16.8 Å². The molecule has 1 N–H and O–H groups in total. The second-order valence-electron chi connectivity index (χ2n) is 8.36. The lowest BCUT2D eigenvalue weighted by Crippen LogP contribution is -2.42. The molecule has 3 aliphatic heterocycles. The molecule has 3 heterocycles. The fourth-order valence-electron chi connectivity index (χ4n) is 4.98. The topological polar surface area (TPSA) is 77.1 Å². The van der Waals surface area contributed by atoms with Crippen molar-refractivity contribution in [2.45, 2.75) is 18.9 Å². The highest BCUT2D eigenvalue weighted by molar-refractivity contribution is 6.11. The number of hydrogen-bond acceptors (Lipinski definition) is 5. The molecular formula is C26H22N2O5. The minimum Gasteiger partial charge on any atom is -0.491 e. The van der Waals surface area contributed by atoms with Gasteiger partial charge in [-0.25, -0.2) is 0 Å². The van der Waals surface area contributed by atoms with Crippen molar-refractivity contribution in [2.75, 3.05) is 24.8 Å². The molecule has 1 atom stereocenters. The van der Waals surface area contributed by atoms with Crippen molar-refractivity contribution in [3.8, 4) is 17.2 Å². The van der Waals surface area contributed by atoms with Crippen molar-refractivity contribution in [3.05, 3.63) is 82.9 Å². The first kappa shape index (κ1) is 19.7. The molecule has 3 aromatic rings. The van der Waals surface area contributed by atoms with E-state index in [4.69, 9.17) is 14.2 Å². The Hall–Kier alpha value is -4.00. The molecule has 3 aromatic carbocycles. The molecule has 7 nitrogen and oxygen atoms in total. The maximum Gasteiger partial charge on any atom is 0.251 e. The Kier molecular flexibility index (Phi) is 4.33. The van der Waals surface area contributed by atoms with Gasteiger partial charge in [-0.3, -0.25) is 9.59 Å². The van der Waals surface area contributed by atoms with E-state index in [0.29, 0.717) is 35.9 Å². The van der Waals surface area contributed by atoms with Gasteiger partial charge in [-0.2, -0.15) is 0 Å². The van der Waals surface area contributed by atoms with Crippen molar-refractivity contribution in [3.63, 3.8) is 0 Å². The van der Waals surface area contributed by atoms with Crippen LogP contribution in [0.25, 0.3) is 0 Å². The van der Waals surface area contributed by atoms with Crippen LogP contribution in [0.15, 0.2) is 60.7 Å². The lowest BCUT2D eigenvalue weighted by atomic mass is 9.77. The van der Waals surface area contributed by atoms with Crippen molar-refractivity contribution in [1.29, 1.82) is 0 Å². The third kappa shape index (κ3) is 2.81. The molecule has 0 aromatic heterocycles. The van der Waals surface area contributed by atoms with Crippen molar-refractivity contribution in [2.24, 2.45) is 0 Å². The largest absolute Gasteiger partial charge is 0.491 e. The van der Waals surface area contributed by atoms with Crippen molar-refractivity contribution in [1.82, 2.24) is 5.32 Å². The molecule has 6 rings (SSSR count). The summed E-state index contributed by atoms with van der Waals surface area (Å²) < 4.78 is 17.1. The zero-order valence-corrected chi connectivity index (χ0v) is 18.1. The highest BCUT2D eigenvalue weighted by atomic mass is 16.7. The minimum atomic E-state index is -0.940. The summed E-state index contributed by atoms with van der Waals surface area (Å²) in [7, 11) is 0. The molecule has 0 saturated carbocycles. The summed E-state index contributed by atoms with van der Waals surface area (Å²) in [6, 6.07) is 18.9. The number of ether oxygens (including phenoxy) is 3. The van der Waals surface area contributed by atoms with Gasteiger partial charge in [0.2, 0.25) is 12.7 Å². The van der Waals surface area contributed by atoms with Crippen LogP contribution in [0.1, 0.15) is 34.0 Å². The van der Waals surface area contributed by atoms with E-state index in [2.05, 4.69) is 5.32 Å².